The van der Waals surface area contributed by atoms with Gasteiger partial charge >= 0.3 is 0 Å². The summed E-state index contributed by atoms with van der Waals surface area (Å²) in [4.78, 5) is 22.4. The molecule has 0 aliphatic heterocycles. The quantitative estimate of drug-likeness (QED) is 0.438. The Bertz CT molecular complexity index is 187. The van der Waals surface area contributed by atoms with E-state index < -0.39 is 0 Å². The van der Waals surface area contributed by atoms with Gasteiger partial charge in [-0.25, -0.2) is 0 Å². The van der Waals surface area contributed by atoms with Crippen molar-refractivity contribution in [1.82, 2.24) is 16.0 Å². The van der Waals surface area contributed by atoms with Crippen molar-refractivity contribution in [3.63, 3.8) is 0 Å². The molecule has 16 heavy (non-hydrogen) atoms. The molecule has 0 heterocycles. The molecule has 0 radical (unpaired) electrons. The second-order valence-electron chi connectivity index (χ2n) is 3.33. The van der Waals surface area contributed by atoms with Gasteiger partial charge in [-0.05, 0) is 20.0 Å². The monoisotopic (exact) mass is 231 g/mol. The van der Waals surface area contributed by atoms with Gasteiger partial charge in [-0.15, -0.1) is 0 Å². The summed E-state index contributed by atoms with van der Waals surface area (Å²) >= 11 is 0. The highest BCUT2D eigenvalue weighted by Crippen LogP contribution is 1.85. The third kappa shape index (κ3) is 9.42. The van der Waals surface area contributed by atoms with Crippen molar-refractivity contribution in [3.05, 3.63) is 0 Å². The van der Waals surface area contributed by atoms with Crippen LogP contribution >= 0.6 is 0 Å². The first-order valence-electron chi connectivity index (χ1n) is 5.37. The number of carbonyl (C=O) groups is 2. The minimum atomic E-state index is -0.195. The lowest BCUT2D eigenvalue weighted by molar-refractivity contribution is -0.126. The summed E-state index contributed by atoms with van der Waals surface area (Å²) in [6.45, 7) is 1.77. The Morgan fingerprint density at radius 1 is 1.12 bits per heavy atom. The molecule has 0 fully saturated rings. The van der Waals surface area contributed by atoms with Gasteiger partial charge in [0.25, 0.3) is 0 Å². The van der Waals surface area contributed by atoms with Gasteiger partial charge in [0.2, 0.25) is 11.8 Å². The summed E-state index contributed by atoms with van der Waals surface area (Å²) < 4.78 is 4.77. The van der Waals surface area contributed by atoms with E-state index in [0.717, 1.165) is 13.0 Å². The predicted octanol–water partition coefficient (Wildman–Crippen LogP) is -1.14. The lowest BCUT2D eigenvalue weighted by Gasteiger charge is -2.06. The maximum Gasteiger partial charge on any atom is 0.239 e. The van der Waals surface area contributed by atoms with Gasteiger partial charge in [0.05, 0.1) is 13.2 Å². The number of amides is 2. The highest BCUT2D eigenvalue weighted by molar-refractivity contribution is 5.84. The van der Waals surface area contributed by atoms with Crippen LogP contribution in [0.5, 0.6) is 0 Å². The Morgan fingerprint density at radius 3 is 2.50 bits per heavy atom. The smallest absolute Gasteiger partial charge is 0.239 e. The van der Waals surface area contributed by atoms with Crippen LogP contribution in [-0.2, 0) is 14.3 Å². The zero-order chi connectivity index (χ0) is 12.2. The molecule has 3 N–H and O–H groups in total. The number of ether oxygens (including phenoxy) is 1. The summed E-state index contributed by atoms with van der Waals surface area (Å²) in [6.07, 6.45) is 1.21. The van der Waals surface area contributed by atoms with Gasteiger partial charge in [0, 0.05) is 20.1 Å². The molecule has 0 spiro atoms. The van der Waals surface area contributed by atoms with Crippen LogP contribution in [0.15, 0.2) is 0 Å². The van der Waals surface area contributed by atoms with Gasteiger partial charge in [0.15, 0.2) is 0 Å². The third-order valence-corrected chi connectivity index (χ3v) is 1.91. The number of carbonyl (C=O) groups excluding carboxylic acids is 2. The minimum Gasteiger partial charge on any atom is -0.383 e. The van der Waals surface area contributed by atoms with E-state index in [1.807, 2.05) is 7.05 Å². The lowest BCUT2D eigenvalue weighted by atomic mass is 10.3. The first-order chi connectivity index (χ1) is 7.70. The molecular formula is C10H21N3O3. The molecule has 94 valence electrons. The number of nitrogens with one attached hydrogen (secondary N) is 3. The van der Waals surface area contributed by atoms with Gasteiger partial charge in [-0.2, -0.15) is 0 Å². The summed E-state index contributed by atoms with van der Waals surface area (Å²) in [6, 6.07) is 0. The lowest BCUT2D eigenvalue weighted by Crippen LogP contribution is -2.38. The van der Waals surface area contributed by atoms with Gasteiger partial charge in [0.1, 0.15) is 0 Å². The molecule has 0 aromatic heterocycles. The largest absolute Gasteiger partial charge is 0.383 e. The van der Waals surface area contributed by atoms with E-state index in [9.17, 15) is 9.59 Å². The van der Waals surface area contributed by atoms with E-state index in [1.165, 1.54) is 0 Å². The van der Waals surface area contributed by atoms with E-state index in [2.05, 4.69) is 16.0 Å². The van der Waals surface area contributed by atoms with E-state index in [4.69, 9.17) is 4.74 Å². The molecule has 0 aromatic rings. The van der Waals surface area contributed by atoms with Crippen LogP contribution in [0.3, 0.4) is 0 Å². The van der Waals surface area contributed by atoms with Crippen LogP contribution in [0.4, 0.5) is 0 Å². The van der Waals surface area contributed by atoms with E-state index in [-0.39, 0.29) is 18.4 Å². The molecule has 0 aliphatic rings. The Kier molecular flexibility index (Phi) is 9.64. The van der Waals surface area contributed by atoms with E-state index >= 15 is 0 Å². The first kappa shape index (κ1) is 14.9. The Balaban J connectivity index is 3.40. The summed E-state index contributed by atoms with van der Waals surface area (Å²) in [7, 11) is 3.40. The van der Waals surface area contributed by atoms with Crippen LogP contribution in [0.1, 0.15) is 12.8 Å². The molecule has 0 unspecified atom stereocenters. The van der Waals surface area contributed by atoms with Crippen molar-refractivity contribution in [2.75, 3.05) is 40.4 Å². The first-order valence-corrected chi connectivity index (χ1v) is 5.37. The average molecular weight is 231 g/mol. The third-order valence-electron chi connectivity index (χ3n) is 1.91. The molecule has 0 bridgehead atoms. The number of methoxy groups -OCH3 is 1. The van der Waals surface area contributed by atoms with Crippen molar-refractivity contribution in [2.45, 2.75) is 12.8 Å². The fourth-order valence-electron chi connectivity index (χ4n) is 1.05. The zero-order valence-electron chi connectivity index (χ0n) is 9.97. The second-order valence-corrected chi connectivity index (χ2v) is 3.33. The minimum absolute atomic E-state index is 0.0299. The number of hydrogen-bond donors (Lipinski definition) is 3. The van der Waals surface area contributed by atoms with Crippen LogP contribution in [0.2, 0.25) is 0 Å². The molecule has 6 nitrogen and oxygen atoms in total. The van der Waals surface area contributed by atoms with E-state index in [0.29, 0.717) is 19.6 Å². The molecule has 0 rings (SSSR count). The van der Waals surface area contributed by atoms with Crippen molar-refractivity contribution < 1.29 is 14.3 Å². The Morgan fingerprint density at radius 2 is 1.88 bits per heavy atom. The average Bonchev–Trinajstić information content (AvgIpc) is 2.27. The molecule has 6 heteroatoms. The van der Waals surface area contributed by atoms with Crippen molar-refractivity contribution in [2.24, 2.45) is 0 Å². The van der Waals surface area contributed by atoms with Gasteiger partial charge in [-0.3, -0.25) is 9.59 Å². The number of rotatable bonds is 9. The van der Waals surface area contributed by atoms with Crippen molar-refractivity contribution in [3.8, 4) is 0 Å². The normalized spacial score (nSPS) is 9.88. The van der Waals surface area contributed by atoms with Gasteiger partial charge < -0.3 is 20.7 Å². The highest BCUT2D eigenvalue weighted by Gasteiger charge is 2.04. The van der Waals surface area contributed by atoms with Crippen LogP contribution < -0.4 is 16.0 Å². The fraction of sp³-hybridized carbons (Fsp3) is 0.800. The van der Waals surface area contributed by atoms with E-state index in [1.54, 1.807) is 7.11 Å². The number of hydrogen-bond acceptors (Lipinski definition) is 4. The van der Waals surface area contributed by atoms with Gasteiger partial charge in [-0.1, -0.05) is 0 Å². The van der Waals surface area contributed by atoms with Crippen LogP contribution in [-0.4, -0.2) is 52.2 Å². The maximum atomic E-state index is 11.2. The molecule has 0 aliphatic carbocycles. The molecule has 0 saturated heterocycles. The second kappa shape index (κ2) is 10.4. The zero-order valence-corrected chi connectivity index (χ0v) is 9.97. The molecule has 2 amide bonds. The highest BCUT2D eigenvalue weighted by atomic mass is 16.5. The molecule has 0 atom stereocenters. The summed E-state index contributed by atoms with van der Waals surface area (Å²) in [5, 5.41) is 8.11. The summed E-state index contributed by atoms with van der Waals surface area (Å²) in [5.41, 5.74) is 0. The molecule has 0 aromatic carbocycles. The Labute approximate surface area is 96.1 Å². The van der Waals surface area contributed by atoms with Crippen LogP contribution in [0, 0.1) is 0 Å². The Hall–Kier alpha value is -1.14. The van der Waals surface area contributed by atoms with Crippen molar-refractivity contribution in [1.29, 1.82) is 0 Å². The summed E-state index contributed by atoms with van der Waals surface area (Å²) in [5.74, 6) is -0.295. The van der Waals surface area contributed by atoms with Crippen molar-refractivity contribution >= 4 is 11.8 Å². The topological polar surface area (TPSA) is 79.5 Å². The SMILES string of the molecule is CNCCCC(=O)NCC(=O)NCCOC. The predicted molar refractivity (Wildman–Crippen MR) is 61.1 cm³/mol. The molecule has 0 saturated carbocycles. The molecular weight excluding hydrogens is 210 g/mol. The standard InChI is InChI=1S/C10H21N3O3/c1-11-5-3-4-9(14)13-8-10(15)12-6-7-16-2/h11H,3-8H2,1-2H3,(H,12,15)(H,13,14). The maximum absolute atomic E-state index is 11.2. The van der Waals surface area contributed by atoms with Crippen LogP contribution in [0.25, 0.3) is 0 Å². The fourth-order valence-corrected chi connectivity index (χ4v) is 1.05.